The summed E-state index contributed by atoms with van der Waals surface area (Å²) in [6.07, 6.45) is 0. The molecule has 0 unspecified atom stereocenters. The normalized spacial score (nSPS) is 9.47. The molecule has 0 atom stereocenters. The molecule has 0 fully saturated rings. The second kappa shape index (κ2) is 6.51. The Labute approximate surface area is 100 Å². The number of para-hydroxylation sites is 1. The zero-order valence-corrected chi connectivity index (χ0v) is 9.69. The van der Waals surface area contributed by atoms with Crippen LogP contribution in [0.2, 0.25) is 0 Å². The van der Waals surface area contributed by atoms with E-state index < -0.39 is 0 Å². The Hall–Kier alpha value is -2.06. The molecule has 1 aromatic rings. The summed E-state index contributed by atoms with van der Waals surface area (Å²) in [6.45, 7) is 2.12. The first-order valence-corrected chi connectivity index (χ1v) is 5.24. The highest BCUT2D eigenvalue weighted by atomic mass is 16.5. The van der Waals surface area contributed by atoms with Crippen LogP contribution in [0.5, 0.6) is 5.75 Å². The van der Waals surface area contributed by atoms with E-state index in [1.54, 1.807) is 0 Å². The predicted molar refractivity (Wildman–Crippen MR) is 63.2 cm³/mol. The van der Waals surface area contributed by atoms with Gasteiger partial charge in [0.1, 0.15) is 12.3 Å². The maximum absolute atomic E-state index is 11.3. The van der Waals surface area contributed by atoms with Crippen molar-refractivity contribution in [1.29, 1.82) is 5.26 Å². The van der Waals surface area contributed by atoms with Crippen LogP contribution in [0.3, 0.4) is 0 Å². The molecule has 0 aromatic heterocycles. The lowest BCUT2D eigenvalue weighted by Crippen LogP contribution is -2.29. The van der Waals surface area contributed by atoms with Crippen LogP contribution in [0, 0.1) is 18.3 Å². The number of carbonyl (C=O) groups excluding carboxylic acids is 1. The summed E-state index contributed by atoms with van der Waals surface area (Å²) in [7, 11) is 0. The Morgan fingerprint density at radius 2 is 2.35 bits per heavy atom. The number of hydrogen-bond acceptors (Lipinski definition) is 4. The van der Waals surface area contributed by atoms with Gasteiger partial charge in [-0.2, -0.15) is 5.26 Å². The monoisotopic (exact) mass is 233 g/mol. The lowest BCUT2D eigenvalue weighted by Gasteiger charge is -2.12. The molecule has 5 nitrogen and oxygen atoms in total. The average Bonchev–Trinajstić information content (AvgIpc) is 2.34. The zero-order chi connectivity index (χ0) is 12.7. The van der Waals surface area contributed by atoms with E-state index in [0.29, 0.717) is 12.3 Å². The molecule has 0 radical (unpaired) electrons. The van der Waals surface area contributed by atoms with Gasteiger partial charge in [-0.3, -0.25) is 4.79 Å². The molecule has 0 heterocycles. The van der Waals surface area contributed by atoms with E-state index in [-0.39, 0.29) is 19.1 Å². The maximum Gasteiger partial charge on any atom is 0.258 e. The van der Waals surface area contributed by atoms with Gasteiger partial charge >= 0.3 is 0 Å². The molecule has 0 aliphatic rings. The Balaban J connectivity index is 2.63. The van der Waals surface area contributed by atoms with E-state index in [2.05, 4.69) is 5.32 Å². The Morgan fingerprint density at radius 3 is 3.00 bits per heavy atom. The van der Waals surface area contributed by atoms with E-state index in [4.69, 9.17) is 15.7 Å². The maximum atomic E-state index is 11.3. The standard InChI is InChI=1S/C12H15N3O2/c1-9-3-2-4-10(7-14)12(9)17-8-11(16)15-6-5-13/h2-4H,6-8,14H2,1H3,(H,15,16). The highest BCUT2D eigenvalue weighted by Gasteiger charge is 2.08. The van der Waals surface area contributed by atoms with Crippen LogP contribution in [0.15, 0.2) is 18.2 Å². The fourth-order valence-corrected chi connectivity index (χ4v) is 1.41. The number of ether oxygens (including phenoxy) is 1. The average molecular weight is 233 g/mol. The summed E-state index contributed by atoms with van der Waals surface area (Å²) in [5.74, 6) is 0.319. The number of benzene rings is 1. The molecule has 5 heteroatoms. The van der Waals surface area contributed by atoms with E-state index in [1.807, 2.05) is 31.2 Å². The number of aryl methyl sites for hydroxylation is 1. The van der Waals surface area contributed by atoms with E-state index in [1.165, 1.54) is 0 Å². The summed E-state index contributed by atoms with van der Waals surface area (Å²) in [5.41, 5.74) is 7.37. The molecule has 90 valence electrons. The number of nitrogens with zero attached hydrogens (tertiary/aromatic N) is 1. The zero-order valence-electron chi connectivity index (χ0n) is 9.69. The first kappa shape index (κ1) is 13.0. The number of rotatable bonds is 5. The van der Waals surface area contributed by atoms with E-state index >= 15 is 0 Å². The number of hydrogen-bond donors (Lipinski definition) is 2. The first-order chi connectivity index (χ1) is 8.19. The Morgan fingerprint density at radius 1 is 1.59 bits per heavy atom. The molecule has 0 saturated carbocycles. The highest BCUT2D eigenvalue weighted by Crippen LogP contribution is 2.22. The van der Waals surface area contributed by atoms with Gasteiger partial charge in [-0.05, 0) is 12.5 Å². The smallest absolute Gasteiger partial charge is 0.258 e. The third-order valence-corrected chi connectivity index (χ3v) is 2.23. The number of nitrogens with one attached hydrogen (secondary N) is 1. The van der Waals surface area contributed by atoms with Gasteiger partial charge in [0.05, 0.1) is 6.07 Å². The SMILES string of the molecule is Cc1cccc(CN)c1OCC(=O)NCC#N. The minimum absolute atomic E-state index is 0.0142. The molecule has 3 N–H and O–H groups in total. The molecule has 0 bridgehead atoms. The summed E-state index contributed by atoms with van der Waals surface area (Å²) in [4.78, 5) is 11.3. The van der Waals surface area contributed by atoms with Crippen molar-refractivity contribution in [2.24, 2.45) is 5.73 Å². The minimum Gasteiger partial charge on any atom is -0.483 e. The summed E-state index contributed by atoms with van der Waals surface area (Å²) < 4.78 is 5.42. The first-order valence-electron chi connectivity index (χ1n) is 5.24. The predicted octanol–water partition coefficient (Wildman–Crippen LogP) is 0.472. The topological polar surface area (TPSA) is 88.1 Å². The van der Waals surface area contributed by atoms with Crippen molar-refractivity contribution >= 4 is 5.91 Å². The van der Waals surface area contributed by atoms with Crippen molar-refractivity contribution in [2.45, 2.75) is 13.5 Å². The number of nitriles is 1. The molecule has 17 heavy (non-hydrogen) atoms. The molecule has 0 aliphatic heterocycles. The third-order valence-electron chi connectivity index (χ3n) is 2.23. The summed E-state index contributed by atoms with van der Waals surface area (Å²) in [6, 6.07) is 7.46. The lowest BCUT2D eigenvalue weighted by molar-refractivity contribution is -0.122. The number of carbonyl (C=O) groups is 1. The molecule has 0 spiro atoms. The van der Waals surface area contributed by atoms with Crippen LogP contribution in [-0.4, -0.2) is 19.1 Å². The van der Waals surface area contributed by atoms with Crippen molar-refractivity contribution in [2.75, 3.05) is 13.2 Å². The van der Waals surface area contributed by atoms with Gasteiger partial charge in [0.15, 0.2) is 6.61 Å². The lowest BCUT2D eigenvalue weighted by atomic mass is 10.1. The second-order valence-electron chi connectivity index (χ2n) is 3.49. The van der Waals surface area contributed by atoms with Crippen LogP contribution >= 0.6 is 0 Å². The highest BCUT2D eigenvalue weighted by molar-refractivity contribution is 5.77. The van der Waals surface area contributed by atoms with Crippen LogP contribution in [-0.2, 0) is 11.3 Å². The largest absolute Gasteiger partial charge is 0.483 e. The fourth-order valence-electron chi connectivity index (χ4n) is 1.41. The van der Waals surface area contributed by atoms with Crippen molar-refractivity contribution in [3.63, 3.8) is 0 Å². The van der Waals surface area contributed by atoms with Crippen LogP contribution in [0.4, 0.5) is 0 Å². The van der Waals surface area contributed by atoms with E-state index in [0.717, 1.165) is 11.1 Å². The number of amides is 1. The van der Waals surface area contributed by atoms with Gasteiger partial charge in [-0.25, -0.2) is 0 Å². The summed E-state index contributed by atoms with van der Waals surface area (Å²) in [5, 5.41) is 10.7. The minimum atomic E-state index is -0.322. The molecule has 0 saturated heterocycles. The van der Waals surface area contributed by atoms with Crippen molar-refractivity contribution < 1.29 is 9.53 Å². The van der Waals surface area contributed by atoms with Crippen molar-refractivity contribution in [1.82, 2.24) is 5.32 Å². The van der Waals surface area contributed by atoms with Crippen LogP contribution < -0.4 is 15.8 Å². The molecule has 1 rings (SSSR count). The van der Waals surface area contributed by atoms with Crippen molar-refractivity contribution in [3.8, 4) is 11.8 Å². The Kier molecular flexibility index (Phi) is 4.98. The fraction of sp³-hybridized carbons (Fsp3) is 0.333. The van der Waals surface area contributed by atoms with Gasteiger partial charge in [-0.1, -0.05) is 18.2 Å². The third kappa shape index (κ3) is 3.78. The molecule has 1 aromatic carbocycles. The Bertz CT molecular complexity index is 438. The van der Waals surface area contributed by atoms with Crippen molar-refractivity contribution in [3.05, 3.63) is 29.3 Å². The van der Waals surface area contributed by atoms with Crippen LogP contribution in [0.1, 0.15) is 11.1 Å². The molecular formula is C12H15N3O2. The number of nitrogens with two attached hydrogens (primary N) is 1. The molecule has 1 amide bonds. The molecular weight excluding hydrogens is 218 g/mol. The van der Waals surface area contributed by atoms with Gasteiger partial charge in [0, 0.05) is 12.1 Å². The van der Waals surface area contributed by atoms with E-state index in [9.17, 15) is 4.79 Å². The molecule has 0 aliphatic carbocycles. The van der Waals surface area contributed by atoms with Gasteiger partial charge in [0.25, 0.3) is 5.91 Å². The van der Waals surface area contributed by atoms with Gasteiger partial charge in [-0.15, -0.1) is 0 Å². The van der Waals surface area contributed by atoms with Gasteiger partial charge < -0.3 is 15.8 Å². The second-order valence-corrected chi connectivity index (χ2v) is 3.49. The summed E-state index contributed by atoms with van der Waals surface area (Å²) >= 11 is 0. The quantitative estimate of drug-likeness (QED) is 0.724. The van der Waals surface area contributed by atoms with Crippen LogP contribution in [0.25, 0.3) is 0 Å². The van der Waals surface area contributed by atoms with Gasteiger partial charge in [0.2, 0.25) is 0 Å².